The molecule has 1 aliphatic heterocycles. The van der Waals surface area contributed by atoms with Crippen molar-refractivity contribution in [2.75, 3.05) is 19.6 Å². The van der Waals surface area contributed by atoms with E-state index in [1.165, 1.54) is 40.4 Å². The summed E-state index contributed by atoms with van der Waals surface area (Å²) in [5.74, 6) is -0.117. The molecule has 0 radical (unpaired) electrons. The number of nitrogens with zero attached hydrogens (tertiary/aromatic N) is 2. The van der Waals surface area contributed by atoms with Gasteiger partial charge in [0.1, 0.15) is 5.60 Å². The molecule has 0 N–H and O–H groups in total. The van der Waals surface area contributed by atoms with Crippen molar-refractivity contribution in [2.24, 2.45) is 0 Å². The Labute approximate surface area is 155 Å². The number of amides is 1. The van der Waals surface area contributed by atoms with Crippen LogP contribution in [-0.4, -0.2) is 60.8 Å². The molecule has 0 bridgehead atoms. The molecule has 0 saturated carbocycles. The first-order valence-corrected chi connectivity index (χ1v) is 9.96. The summed E-state index contributed by atoms with van der Waals surface area (Å²) in [6.07, 6.45) is -0.438. The van der Waals surface area contributed by atoms with Gasteiger partial charge in [0.25, 0.3) is 0 Å². The zero-order valence-corrected chi connectivity index (χ0v) is 16.7. The Morgan fingerprint density at radius 3 is 2.15 bits per heavy atom. The Hall–Kier alpha value is -1.93. The molecule has 1 unspecified atom stereocenters. The van der Waals surface area contributed by atoms with Gasteiger partial charge in [-0.2, -0.15) is 4.31 Å². The van der Waals surface area contributed by atoms with Crippen LogP contribution in [0, 0.1) is 0 Å². The van der Waals surface area contributed by atoms with Gasteiger partial charge in [0.05, 0.1) is 4.90 Å². The van der Waals surface area contributed by atoms with Crippen molar-refractivity contribution in [1.82, 2.24) is 9.21 Å². The molecule has 0 aromatic heterocycles. The summed E-state index contributed by atoms with van der Waals surface area (Å²) < 4.78 is 32.5. The lowest BCUT2D eigenvalue weighted by atomic mass is 10.2. The fraction of sp³-hybridized carbons (Fsp3) is 0.556. The number of hydrogen-bond acceptors (Lipinski definition) is 5. The van der Waals surface area contributed by atoms with Gasteiger partial charge in [-0.15, -0.1) is 0 Å². The molecule has 8 heteroatoms. The van der Waals surface area contributed by atoms with Crippen LogP contribution < -0.4 is 0 Å². The van der Waals surface area contributed by atoms with E-state index in [2.05, 4.69) is 0 Å². The van der Waals surface area contributed by atoms with Crippen molar-refractivity contribution in [1.29, 1.82) is 0 Å². The lowest BCUT2D eigenvalue weighted by Crippen LogP contribution is -2.55. The number of piperazine rings is 1. The minimum atomic E-state index is -3.69. The minimum absolute atomic E-state index is 0.117. The van der Waals surface area contributed by atoms with Crippen LogP contribution in [0.25, 0.3) is 0 Å². The highest BCUT2D eigenvalue weighted by molar-refractivity contribution is 7.89. The van der Waals surface area contributed by atoms with Crippen LogP contribution in [-0.2, 0) is 14.8 Å². The highest BCUT2D eigenvalue weighted by atomic mass is 32.2. The van der Waals surface area contributed by atoms with Crippen molar-refractivity contribution in [3.63, 3.8) is 0 Å². The van der Waals surface area contributed by atoms with Gasteiger partial charge in [-0.3, -0.25) is 4.79 Å². The summed E-state index contributed by atoms with van der Waals surface area (Å²) in [6.45, 7) is 9.29. The van der Waals surface area contributed by atoms with Gasteiger partial charge < -0.3 is 9.64 Å². The van der Waals surface area contributed by atoms with Crippen molar-refractivity contribution >= 4 is 21.9 Å². The van der Waals surface area contributed by atoms with Crippen LogP contribution in [0.1, 0.15) is 45.0 Å². The molecule has 1 atom stereocenters. The van der Waals surface area contributed by atoms with Gasteiger partial charge >= 0.3 is 6.09 Å². The summed E-state index contributed by atoms with van der Waals surface area (Å²) >= 11 is 0. The van der Waals surface area contributed by atoms with Crippen LogP contribution >= 0.6 is 0 Å². The molecule has 7 nitrogen and oxygen atoms in total. The number of hydrogen-bond donors (Lipinski definition) is 0. The van der Waals surface area contributed by atoms with Gasteiger partial charge in [-0.1, -0.05) is 12.1 Å². The lowest BCUT2D eigenvalue weighted by Gasteiger charge is -2.39. The first-order chi connectivity index (χ1) is 11.9. The monoisotopic (exact) mass is 382 g/mol. The molecule has 26 heavy (non-hydrogen) atoms. The topological polar surface area (TPSA) is 84.0 Å². The summed E-state index contributed by atoms with van der Waals surface area (Å²) in [5, 5.41) is 0. The number of benzene rings is 1. The van der Waals surface area contributed by atoms with Crippen molar-refractivity contribution in [3.8, 4) is 0 Å². The largest absolute Gasteiger partial charge is 0.444 e. The molecule has 1 aliphatic rings. The number of ketones is 1. The Morgan fingerprint density at radius 2 is 1.69 bits per heavy atom. The number of rotatable bonds is 3. The van der Waals surface area contributed by atoms with E-state index in [-0.39, 0.29) is 36.4 Å². The molecule has 1 aromatic rings. The Bertz CT molecular complexity index is 781. The molecular weight excluding hydrogens is 356 g/mol. The SMILES string of the molecule is CC(=O)c1ccc(S(=O)(=O)N2CCN(C(=O)OC(C)(C)C)CC2C)cc1. The maximum atomic E-state index is 12.9. The van der Waals surface area contributed by atoms with Gasteiger partial charge in [-0.25, -0.2) is 13.2 Å². The third-order valence-corrected chi connectivity index (χ3v) is 6.11. The zero-order valence-electron chi connectivity index (χ0n) is 15.9. The average molecular weight is 382 g/mol. The number of carbonyl (C=O) groups is 2. The van der Waals surface area contributed by atoms with E-state index in [0.29, 0.717) is 5.56 Å². The van der Waals surface area contributed by atoms with E-state index >= 15 is 0 Å². The van der Waals surface area contributed by atoms with Crippen LogP contribution in [0.15, 0.2) is 29.2 Å². The van der Waals surface area contributed by atoms with E-state index < -0.39 is 21.7 Å². The number of Topliss-reactive ketones (excluding diaryl/α,β-unsaturated/α-hetero) is 1. The zero-order chi connectivity index (χ0) is 19.7. The number of sulfonamides is 1. The maximum absolute atomic E-state index is 12.9. The second-order valence-electron chi connectivity index (χ2n) is 7.47. The van der Waals surface area contributed by atoms with Gasteiger partial charge in [0, 0.05) is 31.2 Å². The van der Waals surface area contributed by atoms with Crippen LogP contribution in [0.3, 0.4) is 0 Å². The fourth-order valence-corrected chi connectivity index (χ4v) is 4.40. The second-order valence-corrected chi connectivity index (χ2v) is 9.36. The quantitative estimate of drug-likeness (QED) is 0.750. The summed E-state index contributed by atoms with van der Waals surface area (Å²) in [6, 6.07) is 5.53. The summed E-state index contributed by atoms with van der Waals surface area (Å²) in [7, 11) is -3.69. The highest BCUT2D eigenvalue weighted by Gasteiger charge is 2.36. The second kappa shape index (κ2) is 7.36. The van der Waals surface area contributed by atoms with Crippen LogP contribution in [0.4, 0.5) is 4.79 Å². The average Bonchev–Trinajstić information content (AvgIpc) is 2.53. The summed E-state index contributed by atoms with van der Waals surface area (Å²) in [5.41, 5.74) is -0.131. The van der Waals surface area contributed by atoms with Gasteiger partial charge in [0.15, 0.2) is 5.78 Å². The first-order valence-electron chi connectivity index (χ1n) is 8.52. The normalized spacial score (nSPS) is 19.3. The third-order valence-electron chi connectivity index (χ3n) is 4.09. The molecule has 1 amide bonds. The Balaban J connectivity index is 2.12. The Morgan fingerprint density at radius 1 is 1.12 bits per heavy atom. The standard InChI is InChI=1S/C18H26N2O5S/c1-13-12-19(17(22)25-18(3,4)5)10-11-20(13)26(23,24)16-8-6-15(7-9-16)14(2)21/h6-9,13H,10-12H2,1-5H3. The fourth-order valence-electron chi connectivity index (χ4n) is 2.79. The molecule has 1 saturated heterocycles. The van der Waals surface area contributed by atoms with E-state index in [0.717, 1.165) is 0 Å². The Kier molecular flexibility index (Phi) is 5.77. The molecule has 0 aliphatic carbocycles. The van der Waals surface area contributed by atoms with E-state index in [1.807, 2.05) is 0 Å². The van der Waals surface area contributed by atoms with E-state index in [4.69, 9.17) is 4.74 Å². The van der Waals surface area contributed by atoms with E-state index in [9.17, 15) is 18.0 Å². The molecule has 2 rings (SSSR count). The first kappa shape index (κ1) is 20.4. The summed E-state index contributed by atoms with van der Waals surface area (Å²) in [4.78, 5) is 25.2. The van der Waals surface area contributed by atoms with Crippen molar-refractivity contribution < 1.29 is 22.7 Å². The van der Waals surface area contributed by atoms with Crippen LogP contribution in [0.2, 0.25) is 0 Å². The predicted octanol–water partition coefficient (Wildman–Crippen LogP) is 2.52. The maximum Gasteiger partial charge on any atom is 0.410 e. The third kappa shape index (κ3) is 4.62. The van der Waals surface area contributed by atoms with Crippen molar-refractivity contribution in [3.05, 3.63) is 29.8 Å². The molecule has 0 spiro atoms. The molecular formula is C18H26N2O5S. The number of ether oxygens (including phenoxy) is 1. The van der Waals surface area contributed by atoms with Crippen molar-refractivity contribution in [2.45, 2.75) is 51.2 Å². The number of carbonyl (C=O) groups excluding carboxylic acids is 2. The molecule has 1 aromatic carbocycles. The molecule has 1 heterocycles. The van der Waals surface area contributed by atoms with E-state index in [1.54, 1.807) is 27.7 Å². The molecule has 1 fully saturated rings. The smallest absolute Gasteiger partial charge is 0.410 e. The minimum Gasteiger partial charge on any atom is -0.444 e. The van der Waals surface area contributed by atoms with Gasteiger partial charge in [-0.05, 0) is 46.8 Å². The highest BCUT2D eigenvalue weighted by Crippen LogP contribution is 2.23. The molecule has 144 valence electrons. The van der Waals surface area contributed by atoms with Crippen LogP contribution in [0.5, 0.6) is 0 Å². The lowest BCUT2D eigenvalue weighted by molar-refractivity contribution is 0.0143. The van der Waals surface area contributed by atoms with Gasteiger partial charge in [0.2, 0.25) is 10.0 Å². The predicted molar refractivity (Wildman–Crippen MR) is 97.6 cm³/mol.